The van der Waals surface area contributed by atoms with Crippen molar-refractivity contribution < 1.29 is 14.0 Å². The third kappa shape index (κ3) is 4.19. The van der Waals surface area contributed by atoms with Gasteiger partial charge in [-0.25, -0.2) is 9.37 Å². The normalized spacial score (nSPS) is 14.4. The summed E-state index contributed by atoms with van der Waals surface area (Å²) in [4.78, 5) is 43.7. The number of fused-ring (bicyclic) bond motifs is 1. The molecule has 1 aliphatic carbocycles. The van der Waals surface area contributed by atoms with E-state index in [1.54, 1.807) is 28.8 Å². The monoisotopic (exact) mass is 422 g/mol. The zero-order valence-electron chi connectivity index (χ0n) is 17.1. The first-order valence-corrected chi connectivity index (χ1v) is 10.2. The van der Waals surface area contributed by atoms with Gasteiger partial charge in [-0.1, -0.05) is 24.3 Å². The van der Waals surface area contributed by atoms with Gasteiger partial charge in [0.15, 0.2) is 0 Å². The Kier molecular flexibility index (Phi) is 5.54. The molecule has 31 heavy (non-hydrogen) atoms. The van der Waals surface area contributed by atoms with Gasteiger partial charge < -0.3 is 10.6 Å². The highest BCUT2D eigenvalue weighted by Gasteiger charge is 2.30. The topological polar surface area (TPSA) is 98.3 Å². The molecule has 0 radical (unpaired) electrons. The summed E-state index contributed by atoms with van der Waals surface area (Å²) < 4.78 is 15.3. The molecule has 7 nitrogen and oxygen atoms in total. The van der Waals surface area contributed by atoms with Gasteiger partial charge in [0.1, 0.15) is 17.7 Å². The number of aromatic nitrogens is 2. The molecule has 8 heteroatoms. The van der Waals surface area contributed by atoms with Crippen molar-refractivity contribution in [1.29, 1.82) is 0 Å². The maximum Gasteiger partial charge on any atom is 0.261 e. The molecule has 2 aromatic carbocycles. The summed E-state index contributed by atoms with van der Waals surface area (Å²) in [5.74, 6) is -1.06. The van der Waals surface area contributed by atoms with Crippen molar-refractivity contribution in [3.63, 3.8) is 0 Å². The van der Waals surface area contributed by atoms with E-state index < -0.39 is 17.8 Å². The smallest absolute Gasteiger partial charge is 0.261 e. The van der Waals surface area contributed by atoms with Gasteiger partial charge in [0.05, 0.1) is 10.9 Å². The quantitative estimate of drug-likeness (QED) is 0.632. The summed E-state index contributed by atoms with van der Waals surface area (Å²) >= 11 is 0. The number of hydrogen-bond acceptors (Lipinski definition) is 4. The van der Waals surface area contributed by atoms with Gasteiger partial charge >= 0.3 is 0 Å². The molecule has 1 saturated carbocycles. The van der Waals surface area contributed by atoms with Crippen LogP contribution in [0.2, 0.25) is 0 Å². The van der Waals surface area contributed by atoms with Gasteiger partial charge in [0.25, 0.3) is 5.56 Å². The second-order valence-corrected chi connectivity index (χ2v) is 7.82. The highest BCUT2D eigenvalue weighted by atomic mass is 19.1. The number of primary amides is 1. The predicted molar refractivity (Wildman–Crippen MR) is 114 cm³/mol. The standard InChI is InChI=1S/C23H23FN4O3/c1-27(21(22(25)30)14-5-4-6-15(24)13-14)20(29)12-11-19-26-18-8-3-2-7-17(18)23(31)28(19)16-9-10-16/h2-8,13,16,21H,9-12H2,1H3,(H2,25,30). The molecule has 2 N–H and O–H groups in total. The fraction of sp³-hybridized carbons (Fsp3) is 0.304. The Morgan fingerprint density at radius 1 is 1.23 bits per heavy atom. The average Bonchev–Trinajstić information content (AvgIpc) is 3.57. The zero-order chi connectivity index (χ0) is 22.1. The number of likely N-dealkylation sites (N-methyl/N-ethyl adjacent to an activating group) is 1. The molecule has 1 aromatic heterocycles. The molecule has 0 saturated heterocycles. The van der Waals surface area contributed by atoms with Crippen LogP contribution < -0.4 is 11.3 Å². The van der Waals surface area contributed by atoms with Crippen LogP contribution in [0.1, 0.15) is 42.7 Å². The second-order valence-electron chi connectivity index (χ2n) is 7.82. The van der Waals surface area contributed by atoms with Crippen molar-refractivity contribution in [3.05, 3.63) is 76.1 Å². The van der Waals surface area contributed by atoms with E-state index >= 15 is 0 Å². The van der Waals surface area contributed by atoms with E-state index in [1.165, 1.54) is 30.1 Å². The van der Waals surface area contributed by atoms with Crippen LogP contribution in [0.25, 0.3) is 10.9 Å². The van der Waals surface area contributed by atoms with Gasteiger partial charge in [-0.3, -0.25) is 19.0 Å². The van der Waals surface area contributed by atoms with Crippen LogP contribution in [0, 0.1) is 5.82 Å². The lowest BCUT2D eigenvalue weighted by molar-refractivity contribution is -0.138. The summed E-state index contributed by atoms with van der Waals surface area (Å²) in [6.07, 6.45) is 2.09. The number of halogens is 1. The molecule has 0 spiro atoms. The Hall–Kier alpha value is -3.55. The van der Waals surface area contributed by atoms with Crippen molar-refractivity contribution in [1.82, 2.24) is 14.5 Å². The van der Waals surface area contributed by atoms with Crippen molar-refractivity contribution in [3.8, 4) is 0 Å². The van der Waals surface area contributed by atoms with E-state index in [0.29, 0.717) is 22.3 Å². The molecule has 4 rings (SSSR count). The Morgan fingerprint density at radius 2 is 1.97 bits per heavy atom. The number of hydrogen-bond donors (Lipinski definition) is 1. The van der Waals surface area contributed by atoms with Crippen molar-refractivity contribution in [2.75, 3.05) is 7.05 Å². The number of carbonyl (C=O) groups excluding carboxylic acids is 2. The number of nitrogens with zero attached hydrogens (tertiary/aromatic N) is 3. The fourth-order valence-electron chi connectivity index (χ4n) is 3.87. The van der Waals surface area contributed by atoms with Crippen LogP contribution >= 0.6 is 0 Å². The largest absolute Gasteiger partial charge is 0.368 e. The molecule has 1 heterocycles. The number of rotatable bonds is 7. The number of amides is 2. The molecular weight excluding hydrogens is 399 g/mol. The van der Waals surface area contributed by atoms with Gasteiger partial charge in [-0.2, -0.15) is 0 Å². The maximum atomic E-state index is 13.6. The van der Waals surface area contributed by atoms with Crippen LogP contribution in [0.3, 0.4) is 0 Å². The van der Waals surface area contributed by atoms with Crippen LogP contribution in [0.4, 0.5) is 4.39 Å². The lowest BCUT2D eigenvalue weighted by atomic mass is 10.0. The Morgan fingerprint density at radius 3 is 2.65 bits per heavy atom. The molecule has 1 unspecified atom stereocenters. The van der Waals surface area contributed by atoms with E-state index in [4.69, 9.17) is 5.73 Å². The number of nitrogens with two attached hydrogens (primary N) is 1. The fourth-order valence-corrected chi connectivity index (χ4v) is 3.87. The molecule has 0 aliphatic heterocycles. The SMILES string of the molecule is CN(C(=O)CCc1nc2ccccc2c(=O)n1C1CC1)C(C(N)=O)c1cccc(F)c1. The molecule has 2 amide bonds. The first kappa shape index (κ1) is 20.7. The minimum absolute atomic E-state index is 0.0348. The molecule has 0 bridgehead atoms. The zero-order valence-corrected chi connectivity index (χ0v) is 17.1. The third-order valence-electron chi connectivity index (χ3n) is 5.57. The highest BCUT2D eigenvalue weighted by molar-refractivity contribution is 5.87. The van der Waals surface area contributed by atoms with E-state index in [0.717, 1.165) is 12.8 Å². The minimum Gasteiger partial charge on any atom is -0.368 e. The van der Waals surface area contributed by atoms with Gasteiger partial charge in [0, 0.05) is 25.9 Å². The van der Waals surface area contributed by atoms with Crippen molar-refractivity contribution >= 4 is 22.7 Å². The minimum atomic E-state index is -1.08. The van der Waals surface area contributed by atoms with E-state index in [-0.39, 0.29) is 30.3 Å². The average molecular weight is 422 g/mol. The van der Waals surface area contributed by atoms with Gasteiger partial charge in [0.2, 0.25) is 11.8 Å². The van der Waals surface area contributed by atoms with Crippen LogP contribution in [-0.2, 0) is 16.0 Å². The van der Waals surface area contributed by atoms with E-state index in [1.807, 2.05) is 6.07 Å². The lowest BCUT2D eigenvalue weighted by Crippen LogP contribution is -2.39. The molecule has 1 atom stereocenters. The second kappa shape index (κ2) is 8.29. The van der Waals surface area contributed by atoms with E-state index in [9.17, 15) is 18.8 Å². The van der Waals surface area contributed by atoms with Crippen LogP contribution in [0.5, 0.6) is 0 Å². The van der Waals surface area contributed by atoms with Gasteiger partial charge in [-0.15, -0.1) is 0 Å². The Labute approximate surface area is 178 Å². The number of para-hydroxylation sites is 1. The Balaban J connectivity index is 1.58. The molecule has 160 valence electrons. The summed E-state index contributed by atoms with van der Waals surface area (Å²) in [6.45, 7) is 0. The summed E-state index contributed by atoms with van der Waals surface area (Å²) in [7, 11) is 1.46. The van der Waals surface area contributed by atoms with Crippen LogP contribution in [-0.4, -0.2) is 33.3 Å². The third-order valence-corrected chi connectivity index (χ3v) is 5.57. The van der Waals surface area contributed by atoms with Crippen molar-refractivity contribution in [2.24, 2.45) is 5.73 Å². The summed E-state index contributed by atoms with van der Waals surface area (Å²) in [5.41, 5.74) is 6.31. The number of benzene rings is 2. The van der Waals surface area contributed by atoms with Crippen LogP contribution in [0.15, 0.2) is 53.3 Å². The van der Waals surface area contributed by atoms with E-state index in [2.05, 4.69) is 4.98 Å². The lowest BCUT2D eigenvalue weighted by Gasteiger charge is -2.26. The summed E-state index contributed by atoms with van der Waals surface area (Å²) in [6, 6.07) is 11.6. The highest BCUT2D eigenvalue weighted by Crippen LogP contribution is 2.35. The first-order valence-electron chi connectivity index (χ1n) is 10.2. The maximum absolute atomic E-state index is 13.6. The predicted octanol–water partition coefficient (Wildman–Crippen LogP) is 2.49. The molecule has 1 aliphatic rings. The summed E-state index contributed by atoms with van der Waals surface area (Å²) in [5, 5.41) is 0.557. The number of aryl methyl sites for hydroxylation is 1. The first-order chi connectivity index (χ1) is 14.9. The van der Waals surface area contributed by atoms with Crippen molar-refractivity contribution in [2.45, 2.75) is 37.8 Å². The Bertz CT molecular complexity index is 1220. The molecular formula is C23H23FN4O3. The number of carbonyl (C=O) groups is 2. The molecule has 1 fully saturated rings. The van der Waals surface area contributed by atoms with Gasteiger partial charge in [-0.05, 0) is 42.7 Å². The molecule has 3 aromatic rings.